The van der Waals surface area contributed by atoms with Gasteiger partial charge in [-0.2, -0.15) is 0 Å². The normalized spacial score (nSPS) is 15.1. The lowest BCUT2D eigenvalue weighted by Crippen LogP contribution is -2.15. The van der Waals surface area contributed by atoms with Crippen LogP contribution < -0.4 is 11.1 Å². The van der Waals surface area contributed by atoms with E-state index in [1.807, 2.05) is 0 Å². The second kappa shape index (κ2) is 3.65. The van der Waals surface area contributed by atoms with Crippen LogP contribution in [0.15, 0.2) is 18.5 Å². The van der Waals surface area contributed by atoms with Gasteiger partial charge in [0.05, 0.1) is 11.3 Å². The lowest BCUT2D eigenvalue weighted by molar-refractivity contribution is 0.100. The average Bonchev–Trinajstić information content (AvgIpc) is 2.98. The van der Waals surface area contributed by atoms with Gasteiger partial charge in [0.15, 0.2) is 0 Å². The number of hydrogen-bond acceptors (Lipinski definition) is 3. The summed E-state index contributed by atoms with van der Waals surface area (Å²) in [6.45, 7) is 0.921. The molecule has 1 aromatic rings. The molecule has 0 spiro atoms. The molecule has 2 rings (SSSR count). The first-order chi connectivity index (χ1) is 6.77. The first-order valence-electron chi connectivity index (χ1n) is 4.75. The SMILES string of the molecule is NC(=O)c1cnccc1NCC1CC1. The second-order valence-electron chi connectivity index (χ2n) is 3.61. The monoisotopic (exact) mass is 191 g/mol. The van der Waals surface area contributed by atoms with E-state index in [-0.39, 0.29) is 0 Å². The molecule has 1 heterocycles. The maximum atomic E-state index is 11.0. The minimum Gasteiger partial charge on any atom is -0.384 e. The number of primary amides is 1. The van der Waals surface area contributed by atoms with Crippen molar-refractivity contribution >= 4 is 11.6 Å². The molecular formula is C10H13N3O. The Bertz CT molecular complexity index is 347. The molecule has 1 aliphatic carbocycles. The van der Waals surface area contributed by atoms with E-state index >= 15 is 0 Å². The average molecular weight is 191 g/mol. The molecule has 1 fully saturated rings. The summed E-state index contributed by atoms with van der Waals surface area (Å²) in [6, 6.07) is 1.78. The Balaban J connectivity index is 2.09. The smallest absolute Gasteiger partial charge is 0.252 e. The number of aromatic nitrogens is 1. The van der Waals surface area contributed by atoms with Crippen molar-refractivity contribution in [2.45, 2.75) is 12.8 Å². The van der Waals surface area contributed by atoms with Crippen molar-refractivity contribution in [2.24, 2.45) is 11.7 Å². The molecule has 1 aliphatic rings. The molecule has 4 heteroatoms. The zero-order chi connectivity index (χ0) is 9.97. The van der Waals surface area contributed by atoms with Crippen molar-refractivity contribution in [3.05, 3.63) is 24.0 Å². The molecule has 0 atom stereocenters. The summed E-state index contributed by atoms with van der Waals surface area (Å²) in [5.41, 5.74) is 6.47. The van der Waals surface area contributed by atoms with E-state index < -0.39 is 5.91 Å². The Morgan fingerprint density at radius 2 is 2.43 bits per heavy atom. The van der Waals surface area contributed by atoms with Crippen molar-refractivity contribution in [1.29, 1.82) is 0 Å². The van der Waals surface area contributed by atoms with Gasteiger partial charge >= 0.3 is 0 Å². The number of carbonyl (C=O) groups is 1. The van der Waals surface area contributed by atoms with E-state index in [1.54, 1.807) is 12.3 Å². The Morgan fingerprint density at radius 1 is 1.64 bits per heavy atom. The summed E-state index contributed by atoms with van der Waals surface area (Å²) in [5, 5.41) is 3.22. The van der Waals surface area contributed by atoms with Crippen LogP contribution in [0.2, 0.25) is 0 Å². The predicted octanol–water partition coefficient (Wildman–Crippen LogP) is 1.00. The summed E-state index contributed by atoms with van der Waals surface area (Å²) < 4.78 is 0. The lowest BCUT2D eigenvalue weighted by atomic mass is 10.2. The van der Waals surface area contributed by atoms with E-state index in [4.69, 9.17) is 5.73 Å². The van der Waals surface area contributed by atoms with Gasteiger partial charge in [-0.05, 0) is 24.8 Å². The molecule has 1 saturated carbocycles. The Labute approximate surface area is 82.5 Å². The second-order valence-corrected chi connectivity index (χ2v) is 3.61. The number of nitrogens with one attached hydrogen (secondary N) is 1. The van der Waals surface area contributed by atoms with Crippen LogP contribution in [0.5, 0.6) is 0 Å². The van der Waals surface area contributed by atoms with Crippen molar-refractivity contribution < 1.29 is 4.79 Å². The maximum Gasteiger partial charge on any atom is 0.252 e. The van der Waals surface area contributed by atoms with Gasteiger partial charge in [-0.1, -0.05) is 0 Å². The number of hydrogen-bond donors (Lipinski definition) is 2. The molecule has 3 N–H and O–H groups in total. The van der Waals surface area contributed by atoms with Crippen LogP contribution in [-0.2, 0) is 0 Å². The first kappa shape index (κ1) is 8.99. The van der Waals surface area contributed by atoms with Crippen LogP contribution in [0.1, 0.15) is 23.2 Å². The van der Waals surface area contributed by atoms with Gasteiger partial charge in [-0.15, -0.1) is 0 Å². The van der Waals surface area contributed by atoms with E-state index in [0.29, 0.717) is 5.56 Å². The van der Waals surface area contributed by atoms with Crippen LogP contribution in [0.25, 0.3) is 0 Å². The summed E-state index contributed by atoms with van der Waals surface area (Å²) in [6.07, 6.45) is 5.72. The van der Waals surface area contributed by atoms with Crippen LogP contribution in [0.4, 0.5) is 5.69 Å². The Kier molecular flexibility index (Phi) is 2.35. The summed E-state index contributed by atoms with van der Waals surface area (Å²) in [4.78, 5) is 14.9. The van der Waals surface area contributed by atoms with Crippen molar-refractivity contribution in [3.8, 4) is 0 Å². The third kappa shape index (κ3) is 2.02. The molecule has 0 aliphatic heterocycles. The molecule has 0 aromatic carbocycles. The topological polar surface area (TPSA) is 68.0 Å². The third-order valence-electron chi connectivity index (χ3n) is 2.36. The first-order valence-corrected chi connectivity index (χ1v) is 4.75. The fourth-order valence-electron chi connectivity index (χ4n) is 1.32. The zero-order valence-electron chi connectivity index (χ0n) is 7.86. The van der Waals surface area contributed by atoms with E-state index in [1.165, 1.54) is 19.0 Å². The summed E-state index contributed by atoms with van der Waals surface area (Å²) >= 11 is 0. The number of rotatable bonds is 4. The van der Waals surface area contributed by atoms with E-state index in [9.17, 15) is 4.79 Å². The molecule has 1 amide bonds. The number of amides is 1. The highest BCUT2D eigenvalue weighted by Gasteiger charge is 2.21. The minimum absolute atomic E-state index is 0.434. The van der Waals surface area contributed by atoms with Crippen molar-refractivity contribution in [1.82, 2.24) is 4.98 Å². The summed E-state index contributed by atoms with van der Waals surface area (Å²) in [5.74, 6) is 0.334. The van der Waals surface area contributed by atoms with Gasteiger partial charge in [0.25, 0.3) is 5.91 Å². The van der Waals surface area contributed by atoms with Crippen molar-refractivity contribution in [2.75, 3.05) is 11.9 Å². The fraction of sp³-hybridized carbons (Fsp3) is 0.400. The van der Waals surface area contributed by atoms with Gasteiger partial charge in [0.1, 0.15) is 0 Å². The highest BCUT2D eigenvalue weighted by Crippen LogP contribution is 2.29. The molecule has 4 nitrogen and oxygen atoms in total. The zero-order valence-corrected chi connectivity index (χ0v) is 7.86. The third-order valence-corrected chi connectivity index (χ3v) is 2.36. The quantitative estimate of drug-likeness (QED) is 0.746. The molecule has 1 aromatic heterocycles. The summed E-state index contributed by atoms with van der Waals surface area (Å²) in [7, 11) is 0. The predicted molar refractivity (Wildman–Crippen MR) is 54.0 cm³/mol. The molecule has 0 radical (unpaired) electrons. The molecular weight excluding hydrogens is 178 g/mol. The van der Waals surface area contributed by atoms with Gasteiger partial charge in [0, 0.05) is 18.9 Å². The molecule has 74 valence electrons. The van der Waals surface area contributed by atoms with Gasteiger partial charge in [0.2, 0.25) is 0 Å². The van der Waals surface area contributed by atoms with Gasteiger partial charge in [-0.3, -0.25) is 9.78 Å². The number of nitrogens with zero attached hydrogens (tertiary/aromatic N) is 1. The van der Waals surface area contributed by atoms with Crippen LogP contribution in [0, 0.1) is 5.92 Å². The largest absolute Gasteiger partial charge is 0.384 e. The van der Waals surface area contributed by atoms with Crippen LogP contribution in [-0.4, -0.2) is 17.4 Å². The maximum absolute atomic E-state index is 11.0. The van der Waals surface area contributed by atoms with Gasteiger partial charge < -0.3 is 11.1 Å². The molecule has 14 heavy (non-hydrogen) atoms. The molecule has 0 saturated heterocycles. The van der Waals surface area contributed by atoms with E-state index in [2.05, 4.69) is 10.3 Å². The number of anilines is 1. The van der Waals surface area contributed by atoms with Crippen LogP contribution in [0.3, 0.4) is 0 Å². The Morgan fingerprint density at radius 3 is 3.07 bits per heavy atom. The number of pyridine rings is 1. The fourth-order valence-corrected chi connectivity index (χ4v) is 1.32. The molecule has 0 bridgehead atoms. The van der Waals surface area contributed by atoms with E-state index in [0.717, 1.165) is 18.2 Å². The van der Waals surface area contributed by atoms with Gasteiger partial charge in [-0.25, -0.2) is 0 Å². The number of carbonyl (C=O) groups excluding carboxylic acids is 1. The highest BCUT2D eigenvalue weighted by atomic mass is 16.1. The highest BCUT2D eigenvalue weighted by molar-refractivity contribution is 5.98. The minimum atomic E-state index is -0.434. The lowest BCUT2D eigenvalue weighted by Gasteiger charge is -2.07. The van der Waals surface area contributed by atoms with Crippen LogP contribution >= 0.6 is 0 Å². The standard InChI is InChI=1S/C10H13N3O/c11-10(14)8-6-12-4-3-9(8)13-5-7-1-2-7/h3-4,6-7H,1-2,5H2,(H2,11,14)(H,12,13). The molecule has 0 unspecified atom stereocenters. The Hall–Kier alpha value is -1.58. The number of nitrogens with two attached hydrogens (primary N) is 1. The van der Waals surface area contributed by atoms with Crippen molar-refractivity contribution in [3.63, 3.8) is 0 Å².